The molecule has 4 N–H and O–H groups in total. The van der Waals surface area contributed by atoms with Gasteiger partial charge in [0, 0.05) is 37.7 Å². The molecule has 43 heavy (non-hydrogen) atoms. The van der Waals surface area contributed by atoms with Crippen molar-refractivity contribution in [2.24, 2.45) is 5.92 Å². The summed E-state index contributed by atoms with van der Waals surface area (Å²) in [6.45, 7) is 7.03. The summed E-state index contributed by atoms with van der Waals surface area (Å²) in [4.78, 5) is 17.0. The van der Waals surface area contributed by atoms with E-state index in [1.165, 1.54) is 22.5 Å². The zero-order valence-electron chi connectivity index (χ0n) is 25.4. The third-order valence-electron chi connectivity index (χ3n) is 8.93. The number of nitrogens with one attached hydrogen (secondary N) is 2. The second-order valence-electron chi connectivity index (χ2n) is 13.4. The molecule has 0 saturated heterocycles. The van der Waals surface area contributed by atoms with E-state index in [2.05, 4.69) is 59.2 Å². The first-order valence-corrected chi connectivity index (χ1v) is 17.1. The van der Waals surface area contributed by atoms with Crippen molar-refractivity contribution < 1.29 is 18.6 Å². The Bertz CT molecular complexity index is 1710. The van der Waals surface area contributed by atoms with Gasteiger partial charge in [0.05, 0.1) is 34.8 Å². The number of aliphatic hydroxyl groups excluding tert-OH is 2. The number of hydrogen-bond donors (Lipinski definition) is 4. The second kappa shape index (κ2) is 11.5. The van der Waals surface area contributed by atoms with Crippen LogP contribution >= 0.6 is 0 Å². The van der Waals surface area contributed by atoms with Gasteiger partial charge in [0.25, 0.3) is 0 Å². The highest BCUT2D eigenvalue weighted by molar-refractivity contribution is 7.88. The van der Waals surface area contributed by atoms with E-state index < -0.39 is 34.2 Å². The minimum absolute atomic E-state index is 0.0476. The number of anilines is 1. The van der Waals surface area contributed by atoms with E-state index in [0.717, 1.165) is 47.3 Å². The molecule has 4 atom stereocenters. The van der Waals surface area contributed by atoms with Crippen LogP contribution in [-0.4, -0.2) is 85.0 Å². The quantitative estimate of drug-likeness (QED) is 0.188. The summed E-state index contributed by atoms with van der Waals surface area (Å²) < 4.78 is 28.8. The SMILES string of the molecule is CC(C)(C)c1ccc2[nH]c(CCCCN(C[C@H]3C[C@@H](n4ccc5c(NC6CC6)ncnc54)[C@H](O)[C@@H]3O)S(C)(=O)=O)nc2c1. The van der Waals surface area contributed by atoms with Crippen LogP contribution in [0.2, 0.25) is 0 Å². The number of aromatic amines is 1. The van der Waals surface area contributed by atoms with Crippen molar-refractivity contribution >= 4 is 37.9 Å². The molecule has 2 saturated carbocycles. The number of nitrogens with zero attached hydrogens (tertiary/aromatic N) is 5. The molecule has 1 aromatic carbocycles. The van der Waals surface area contributed by atoms with Crippen molar-refractivity contribution in [2.45, 2.75) is 89.0 Å². The maximum atomic E-state index is 12.8. The third-order valence-corrected chi connectivity index (χ3v) is 10.2. The Labute approximate surface area is 252 Å². The van der Waals surface area contributed by atoms with E-state index in [1.54, 1.807) is 0 Å². The fourth-order valence-corrected chi connectivity index (χ4v) is 7.13. The number of fused-ring (bicyclic) bond motifs is 2. The van der Waals surface area contributed by atoms with Gasteiger partial charge in [0.2, 0.25) is 10.0 Å². The monoisotopic (exact) mass is 609 g/mol. The number of hydrogen-bond acceptors (Lipinski definition) is 8. The molecule has 0 amide bonds. The number of benzene rings is 1. The molecule has 0 bridgehead atoms. The van der Waals surface area contributed by atoms with E-state index in [0.29, 0.717) is 37.5 Å². The number of aromatic nitrogens is 5. The number of aliphatic hydroxyl groups is 2. The molecular formula is C31H43N7O4S. The molecule has 6 rings (SSSR count). The Hall–Kier alpha value is -3.06. The van der Waals surface area contributed by atoms with Crippen molar-refractivity contribution in [3.63, 3.8) is 0 Å². The molecule has 2 aliphatic rings. The number of sulfonamides is 1. The highest BCUT2D eigenvalue weighted by Crippen LogP contribution is 2.39. The first-order valence-electron chi connectivity index (χ1n) is 15.3. The van der Waals surface area contributed by atoms with Crippen LogP contribution in [0.3, 0.4) is 0 Å². The summed E-state index contributed by atoms with van der Waals surface area (Å²) >= 11 is 0. The van der Waals surface area contributed by atoms with Gasteiger partial charge in [-0.1, -0.05) is 26.8 Å². The van der Waals surface area contributed by atoms with E-state index in [4.69, 9.17) is 4.98 Å². The highest BCUT2D eigenvalue weighted by atomic mass is 32.2. The van der Waals surface area contributed by atoms with Crippen LogP contribution in [0.5, 0.6) is 0 Å². The van der Waals surface area contributed by atoms with E-state index in [1.807, 2.05) is 16.8 Å². The summed E-state index contributed by atoms with van der Waals surface area (Å²) in [7, 11) is -3.51. The topological polar surface area (TPSA) is 149 Å². The molecule has 3 aromatic heterocycles. The molecular weight excluding hydrogens is 566 g/mol. The lowest BCUT2D eigenvalue weighted by atomic mass is 9.87. The van der Waals surface area contributed by atoms with Gasteiger partial charge in [-0.05, 0) is 61.3 Å². The zero-order chi connectivity index (χ0) is 30.5. The lowest BCUT2D eigenvalue weighted by Gasteiger charge is -2.25. The number of H-pyrrole nitrogens is 1. The second-order valence-corrected chi connectivity index (χ2v) is 15.4. The summed E-state index contributed by atoms with van der Waals surface area (Å²) in [5.41, 5.74) is 3.92. The van der Waals surface area contributed by atoms with Crippen LogP contribution in [0.4, 0.5) is 5.82 Å². The van der Waals surface area contributed by atoms with Crippen LogP contribution in [0.15, 0.2) is 36.8 Å². The minimum Gasteiger partial charge on any atom is -0.390 e. The van der Waals surface area contributed by atoms with Crippen molar-refractivity contribution in [1.29, 1.82) is 0 Å². The lowest BCUT2D eigenvalue weighted by molar-refractivity contribution is 0.00403. The molecule has 2 aliphatic carbocycles. The van der Waals surface area contributed by atoms with E-state index >= 15 is 0 Å². The molecule has 0 spiro atoms. The predicted molar refractivity (Wildman–Crippen MR) is 167 cm³/mol. The van der Waals surface area contributed by atoms with Crippen molar-refractivity contribution in [2.75, 3.05) is 24.7 Å². The molecule has 3 heterocycles. The molecule has 0 unspecified atom stereocenters. The standard InChI is InChI=1S/C31H43N7O4S/c1-31(2,3)20-8-11-23-24(16-20)36-26(35-23)7-5-6-13-37(43(4,41)42)17-19-15-25(28(40)27(19)39)38-14-12-22-29(34-21-9-10-21)32-18-33-30(22)38/h8,11-12,14,16,18-19,21,25,27-28,39-40H,5-7,9-10,13,15,17H2,1-4H3,(H,35,36)(H,32,33,34)/t19-,25-,27-,28+/m1/s1. The van der Waals surface area contributed by atoms with Gasteiger partial charge in [0.1, 0.15) is 29.7 Å². The Morgan fingerprint density at radius 3 is 2.63 bits per heavy atom. The molecule has 11 nitrogen and oxygen atoms in total. The molecule has 12 heteroatoms. The van der Waals surface area contributed by atoms with Crippen LogP contribution < -0.4 is 5.32 Å². The number of unbranched alkanes of at least 4 members (excludes halogenated alkanes) is 1. The lowest BCUT2D eigenvalue weighted by Crippen LogP contribution is -2.39. The Morgan fingerprint density at radius 2 is 1.91 bits per heavy atom. The fourth-order valence-electron chi connectivity index (χ4n) is 6.21. The maximum absolute atomic E-state index is 12.8. The van der Waals surface area contributed by atoms with Crippen LogP contribution in [0.1, 0.15) is 70.3 Å². The normalized spacial score (nSPS) is 23.1. The smallest absolute Gasteiger partial charge is 0.211 e. The fraction of sp³-hybridized carbons (Fsp3) is 0.581. The number of aryl methyl sites for hydroxylation is 1. The van der Waals surface area contributed by atoms with Crippen molar-refractivity contribution in [3.05, 3.63) is 48.2 Å². The molecule has 0 aliphatic heterocycles. The van der Waals surface area contributed by atoms with Gasteiger partial charge in [-0.25, -0.2) is 27.7 Å². The van der Waals surface area contributed by atoms with Crippen LogP contribution in [0, 0.1) is 5.92 Å². The van der Waals surface area contributed by atoms with Crippen molar-refractivity contribution in [1.82, 2.24) is 28.8 Å². The third kappa shape index (κ3) is 6.43. The largest absolute Gasteiger partial charge is 0.390 e. The van der Waals surface area contributed by atoms with Gasteiger partial charge in [-0.3, -0.25) is 0 Å². The van der Waals surface area contributed by atoms with E-state index in [9.17, 15) is 18.6 Å². The molecule has 4 aromatic rings. The summed E-state index contributed by atoms with van der Waals surface area (Å²) in [5.74, 6) is 1.25. The van der Waals surface area contributed by atoms with Gasteiger partial charge < -0.3 is 25.1 Å². The minimum atomic E-state index is -3.51. The summed E-state index contributed by atoms with van der Waals surface area (Å²) in [6.07, 6.45) is 7.31. The summed E-state index contributed by atoms with van der Waals surface area (Å²) in [6, 6.07) is 8.27. The predicted octanol–water partition coefficient (Wildman–Crippen LogP) is 3.75. The first-order chi connectivity index (χ1) is 20.4. The highest BCUT2D eigenvalue weighted by Gasteiger charge is 2.44. The maximum Gasteiger partial charge on any atom is 0.211 e. The summed E-state index contributed by atoms with van der Waals surface area (Å²) in [5, 5.41) is 26.4. The zero-order valence-corrected chi connectivity index (χ0v) is 26.2. The average Bonchev–Trinajstić information content (AvgIpc) is 3.39. The average molecular weight is 610 g/mol. The van der Waals surface area contributed by atoms with Gasteiger partial charge >= 0.3 is 0 Å². The number of rotatable bonds is 11. The van der Waals surface area contributed by atoms with Gasteiger partial charge in [0.15, 0.2) is 0 Å². The molecule has 232 valence electrons. The van der Waals surface area contributed by atoms with Crippen molar-refractivity contribution in [3.8, 4) is 0 Å². The first kappa shape index (κ1) is 30.0. The molecule has 2 fully saturated rings. The Kier molecular flexibility index (Phi) is 7.99. The van der Waals surface area contributed by atoms with Gasteiger partial charge in [-0.2, -0.15) is 0 Å². The Morgan fingerprint density at radius 1 is 1.12 bits per heavy atom. The van der Waals surface area contributed by atoms with E-state index in [-0.39, 0.29) is 12.0 Å². The van der Waals surface area contributed by atoms with Crippen LogP contribution in [0.25, 0.3) is 22.1 Å². The van der Waals surface area contributed by atoms with Gasteiger partial charge in [-0.15, -0.1) is 0 Å². The Balaban J connectivity index is 1.09. The van der Waals surface area contributed by atoms with Crippen LogP contribution in [-0.2, 0) is 21.9 Å². The molecule has 0 radical (unpaired) electrons. The number of imidazole rings is 1.